The summed E-state index contributed by atoms with van der Waals surface area (Å²) in [6.07, 6.45) is 65.8. The zero-order valence-corrected chi connectivity index (χ0v) is 49.6. The van der Waals surface area contributed by atoms with Crippen LogP contribution in [0.3, 0.4) is 0 Å². The van der Waals surface area contributed by atoms with Crippen LogP contribution >= 0.6 is 7.82 Å². The lowest BCUT2D eigenvalue weighted by atomic mass is 10.0. The number of ether oxygens (including phenoxy) is 3. The summed E-state index contributed by atoms with van der Waals surface area (Å²) in [6, 6.07) is 0. The molecule has 0 radical (unpaired) electrons. The molecule has 3 unspecified atom stereocenters. The molecule has 0 spiro atoms. The molecule has 2 N–H and O–H groups in total. The van der Waals surface area contributed by atoms with Gasteiger partial charge in [0.15, 0.2) is 6.10 Å². The van der Waals surface area contributed by atoms with Crippen LogP contribution in [0.5, 0.6) is 0 Å². The normalized spacial score (nSPS) is 13.8. The van der Waals surface area contributed by atoms with E-state index in [0.717, 1.165) is 89.9 Å². The highest BCUT2D eigenvalue weighted by Gasteiger charge is 2.28. The van der Waals surface area contributed by atoms with Crippen LogP contribution in [0.4, 0.5) is 0 Å². The summed E-state index contributed by atoms with van der Waals surface area (Å²) in [5.41, 5.74) is 0. The highest BCUT2D eigenvalue weighted by atomic mass is 31.2. The molecule has 3 atom stereocenters. The van der Waals surface area contributed by atoms with Crippen molar-refractivity contribution in [3.05, 3.63) is 72.9 Å². The van der Waals surface area contributed by atoms with Gasteiger partial charge in [0.05, 0.1) is 19.8 Å². The summed E-state index contributed by atoms with van der Waals surface area (Å²) < 4.78 is 39.5. The van der Waals surface area contributed by atoms with Gasteiger partial charge < -0.3 is 24.2 Å². The number of allylic oxidation sites excluding steroid dienone is 12. The first-order valence-corrected chi connectivity index (χ1v) is 32.3. The van der Waals surface area contributed by atoms with E-state index in [-0.39, 0.29) is 25.9 Å². The van der Waals surface area contributed by atoms with Gasteiger partial charge >= 0.3 is 25.7 Å². The summed E-state index contributed by atoms with van der Waals surface area (Å²) in [5, 5.41) is 9.82. The van der Waals surface area contributed by atoms with Crippen LogP contribution in [-0.2, 0) is 42.2 Å². The molecule has 0 aromatic rings. The SMILES string of the molecule is CC/C=C\C/C=C\C/C=C\C/C=C\C/C=C\CCCC(=O)OC(COC(=O)CCCCCCCCCCCCCCCCCCCCC)COP(=O)(O)OCC(CO)OC(=O)CCCCCCC/C=C\CCCCCC. The van der Waals surface area contributed by atoms with Gasteiger partial charge in [-0.15, -0.1) is 0 Å². The second kappa shape index (κ2) is 58.1. The molecule has 0 aliphatic rings. The molecule has 0 saturated carbocycles. The van der Waals surface area contributed by atoms with Gasteiger partial charge in [0.2, 0.25) is 0 Å². The Bertz CT molecular complexity index is 1550. The molecule has 0 aliphatic heterocycles. The summed E-state index contributed by atoms with van der Waals surface area (Å²) in [7, 11) is -4.77. The van der Waals surface area contributed by atoms with E-state index < -0.39 is 57.8 Å². The molecule has 0 aliphatic carbocycles. The van der Waals surface area contributed by atoms with Crippen molar-refractivity contribution in [3.63, 3.8) is 0 Å². The molecule has 0 aromatic heterocycles. The van der Waals surface area contributed by atoms with Crippen LogP contribution in [0, 0.1) is 0 Å². The molecule has 11 nitrogen and oxygen atoms in total. The number of carbonyl (C=O) groups is 3. The van der Waals surface area contributed by atoms with E-state index in [1.54, 1.807) is 0 Å². The number of carbonyl (C=O) groups excluding carboxylic acids is 3. The molecule has 0 aromatic carbocycles. The number of aliphatic hydroxyl groups is 1. The molecule has 0 fully saturated rings. The first-order valence-electron chi connectivity index (χ1n) is 30.8. The largest absolute Gasteiger partial charge is 0.472 e. The van der Waals surface area contributed by atoms with Gasteiger partial charge in [0.25, 0.3) is 0 Å². The number of esters is 3. The van der Waals surface area contributed by atoms with Crippen molar-refractivity contribution in [2.45, 2.75) is 290 Å². The third-order valence-electron chi connectivity index (χ3n) is 13.1. The summed E-state index contributed by atoms with van der Waals surface area (Å²) in [6.45, 7) is 4.48. The fourth-order valence-corrected chi connectivity index (χ4v) is 9.23. The van der Waals surface area contributed by atoms with Crippen molar-refractivity contribution in [3.8, 4) is 0 Å². The second-order valence-corrected chi connectivity index (χ2v) is 21.9. The number of hydrogen-bond acceptors (Lipinski definition) is 10. The number of aliphatic hydroxyl groups excluding tert-OH is 1. The summed E-state index contributed by atoms with van der Waals surface area (Å²) >= 11 is 0. The standard InChI is InChI=1S/C64H113O11P/c1-4-7-10-13-16-19-22-25-27-29-30-32-33-36-38-41-44-47-50-53-62(66)71-57-61(75-64(68)55-52-49-46-43-40-37-34-31-28-26-23-20-17-14-11-8-5-2)59-73-76(69,70)72-58-60(56-65)74-63(67)54-51-48-45-42-39-35-24-21-18-15-12-9-6-3/h8,11,17,20-21,24,26,28,34,37,43,46,60-61,65H,4-7,9-10,12-16,18-19,22-23,25,27,29-33,35-36,38-42,44-45,47-59H2,1-3H3,(H,69,70)/b11-8-,20-17-,24-21-,28-26-,37-34-,46-43-. The van der Waals surface area contributed by atoms with Crippen molar-refractivity contribution in [1.29, 1.82) is 0 Å². The smallest absolute Gasteiger partial charge is 0.462 e. The molecular formula is C64H113O11P. The van der Waals surface area contributed by atoms with Crippen molar-refractivity contribution in [2.75, 3.05) is 26.4 Å². The molecular weight excluding hydrogens is 976 g/mol. The van der Waals surface area contributed by atoms with E-state index in [2.05, 4.69) is 87.6 Å². The van der Waals surface area contributed by atoms with Crippen LogP contribution < -0.4 is 0 Å². The van der Waals surface area contributed by atoms with Gasteiger partial charge in [0.1, 0.15) is 12.7 Å². The third-order valence-corrected chi connectivity index (χ3v) is 14.1. The number of phosphoric acid groups is 1. The number of unbranched alkanes of at least 4 members (excludes halogenated alkanes) is 28. The molecule has 76 heavy (non-hydrogen) atoms. The number of hydrogen-bond donors (Lipinski definition) is 2. The quantitative estimate of drug-likeness (QED) is 0.0197. The van der Waals surface area contributed by atoms with Crippen LogP contribution in [0.15, 0.2) is 72.9 Å². The van der Waals surface area contributed by atoms with Crippen molar-refractivity contribution >= 4 is 25.7 Å². The maximum Gasteiger partial charge on any atom is 0.472 e. The fourth-order valence-electron chi connectivity index (χ4n) is 8.45. The van der Waals surface area contributed by atoms with Crippen LogP contribution in [-0.4, -0.2) is 66.5 Å². The van der Waals surface area contributed by atoms with E-state index in [9.17, 15) is 28.9 Å². The van der Waals surface area contributed by atoms with Gasteiger partial charge in [-0.2, -0.15) is 0 Å². The topological polar surface area (TPSA) is 155 Å². The molecule has 12 heteroatoms. The Morgan fingerprint density at radius 1 is 0.382 bits per heavy atom. The molecule has 0 bridgehead atoms. The lowest BCUT2D eigenvalue weighted by Crippen LogP contribution is -2.30. The minimum absolute atomic E-state index is 0.0891. The lowest BCUT2D eigenvalue weighted by molar-refractivity contribution is -0.161. The molecule has 0 amide bonds. The van der Waals surface area contributed by atoms with Gasteiger partial charge in [-0.05, 0) is 83.5 Å². The van der Waals surface area contributed by atoms with Crippen molar-refractivity contribution < 1.29 is 52.2 Å². The van der Waals surface area contributed by atoms with E-state index in [4.69, 9.17) is 23.3 Å². The zero-order chi connectivity index (χ0) is 55.5. The average molecular weight is 1090 g/mol. The molecule has 0 saturated heterocycles. The minimum atomic E-state index is -4.77. The summed E-state index contributed by atoms with van der Waals surface area (Å²) in [4.78, 5) is 48.6. The number of phosphoric ester groups is 1. The van der Waals surface area contributed by atoms with Gasteiger partial charge in [-0.3, -0.25) is 23.4 Å². The second-order valence-electron chi connectivity index (χ2n) is 20.5. The Morgan fingerprint density at radius 2 is 0.697 bits per heavy atom. The van der Waals surface area contributed by atoms with Gasteiger partial charge in [0, 0.05) is 19.3 Å². The predicted octanol–water partition coefficient (Wildman–Crippen LogP) is 18.5. The Hall–Kier alpha value is -3.08. The average Bonchev–Trinajstić information content (AvgIpc) is 3.41. The first kappa shape index (κ1) is 72.9. The van der Waals surface area contributed by atoms with Crippen LogP contribution in [0.2, 0.25) is 0 Å². The highest BCUT2D eigenvalue weighted by Crippen LogP contribution is 2.43. The predicted molar refractivity (Wildman–Crippen MR) is 316 cm³/mol. The van der Waals surface area contributed by atoms with E-state index in [0.29, 0.717) is 25.7 Å². The van der Waals surface area contributed by atoms with Gasteiger partial charge in [-0.1, -0.05) is 248 Å². The summed E-state index contributed by atoms with van der Waals surface area (Å²) in [5.74, 6) is -1.53. The van der Waals surface area contributed by atoms with Crippen molar-refractivity contribution in [2.24, 2.45) is 0 Å². The van der Waals surface area contributed by atoms with E-state index >= 15 is 0 Å². The Morgan fingerprint density at radius 3 is 1.13 bits per heavy atom. The van der Waals surface area contributed by atoms with E-state index in [1.807, 2.05) is 6.08 Å². The lowest BCUT2D eigenvalue weighted by Gasteiger charge is -2.21. The maximum atomic E-state index is 12.9. The monoisotopic (exact) mass is 1090 g/mol. The van der Waals surface area contributed by atoms with Gasteiger partial charge in [-0.25, -0.2) is 4.57 Å². The first-order chi connectivity index (χ1) is 37.2. The Kier molecular flexibility index (Phi) is 55.7. The van der Waals surface area contributed by atoms with E-state index in [1.165, 1.54) is 122 Å². The molecule has 0 heterocycles. The van der Waals surface area contributed by atoms with Crippen molar-refractivity contribution in [1.82, 2.24) is 0 Å². The number of rotatable bonds is 57. The zero-order valence-electron chi connectivity index (χ0n) is 48.7. The Balaban J connectivity index is 4.77. The molecule has 440 valence electrons. The van der Waals surface area contributed by atoms with Crippen LogP contribution in [0.1, 0.15) is 278 Å². The highest BCUT2D eigenvalue weighted by molar-refractivity contribution is 7.47. The minimum Gasteiger partial charge on any atom is -0.462 e. The molecule has 0 rings (SSSR count). The van der Waals surface area contributed by atoms with Crippen LogP contribution in [0.25, 0.3) is 0 Å². The fraction of sp³-hybridized carbons (Fsp3) is 0.766. The maximum absolute atomic E-state index is 12.9. The Labute approximate surface area is 465 Å². The third kappa shape index (κ3) is 55.7.